The van der Waals surface area contributed by atoms with Gasteiger partial charge in [0.15, 0.2) is 0 Å². The van der Waals surface area contributed by atoms with Crippen molar-refractivity contribution >= 4 is 0 Å². The molecule has 3 aromatic heterocycles. The number of nitrogens with two attached hydrogens (primary N) is 1. The second-order valence-corrected chi connectivity index (χ2v) is 6.08. The van der Waals surface area contributed by atoms with Crippen LogP contribution in [0.25, 0.3) is 0 Å². The molecule has 0 amide bonds. The van der Waals surface area contributed by atoms with Crippen LogP contribution < -0.4 is 11.1 Å². The fourth-order valence-electron chi connectivity index (χ4n) is 2.71. The van der Waals surface area contributed by atoms with E-state index in [2.05, 4.69) is 30.2 Å². The highest BCUT2D eigenvalue weighted by molar-refractivity contribution is 5.29. The SMILES string of the molecule is Cc1cc(C(F)(F)F)cnc1C(NCc1ncccn1)C(N)c1ncccn1. The molecule has 0 fully saturated rings. The van der Waals surface area contributed by atoms with Crippen LogP contribution in [0.5, 0.6) is 0 Å². The Bertz CT molecular complexity index is 904. The van der Waals surface area contributed by atoms with Crippen LogP contribution in [0.1, 0.15) is 40.6 Å². The molecule has 0 aliphatic carbocycles. The minimum atomic E-state index is -4.47. The predicted octanol–water partition coefficient (Wildman–Crippen LogP) is 2.52. The molecule has 3 heterocycles. The van der Waals surface area contributed by atoms with E-state index >= 15 is 0 Å². The first-order valence-corrected chi connectivity index (χ1v) is 8.42. The van der Waals surface area contributed by atoms with Gasteiger partial charge in [-0.15, -0.1) is 0 Å². The van der Waals surface area contributed by atoms with Gasteiger partial charge in [-0.25, -0.2) is 19.9 Å². The lowest BCUT2D eigenvalue weighted by Gasteiger charge is -2.25. The maximum Gasteiger partial charge on any atom is 0.417 e. The zero-order chi connectivity index (χ0) is 20.1. The molecule has 3 N–H and O–H groups in total. The van der Waals surface area contributed by atoms with Crippen molar-refractivity contribution in [3.05, 3.63) is 77.7 Å². The maximum atomic E-state index is 13.0. The van der Waals surface area contributed by atoms with E-state index < -0.39 is 23.8 Å². The van der Waals surface area contributed by atoms with Gasteiger partial charge in [-0.2, -0.15) is 13.2 Å². The first kappa shape index (κ1) is 19.8. The van der Waals surface area contributed by atoms with Crippen LogP contribution in [-0.4, -0.2) is 24.9 Å². The van der Waals surface area contributed by atoms with Gasteiger partial charge in [-0.1, -0.05) is 0 Å². The van der Waals surface area contributed by atoms with Crippen molar-refractivity contribution < 1.29 is 13.2 Å². The highest BCUT2D eigenvalue weighted by Gasteiger charge is 2.33. The lowest BCUT2D eigenvalue weighted by molar-refractivity contribution is -0.137. The summed E-state index contributed by atoms with van der Waals surface area (Å²) in [6.45, 7) is 1.80. The number of nitrogens with zero attached hydrogens (tertiary/aromatic N) is 5. The van der Waals surface area contributed by atoms with Gasteiger partial charge in [0.1, 0.15) is 11.6 Å². The molecule has 3 aromatic rings. The second kappa shape index (κ2) is 8.36. The van der Waals surface area contributed by atoms with Crippen LogP contribution in [-0.2, 0) is 12.7 Å². The third-order valence-corrected chi connectivity index (χ3v) is 4.08. The first-order valence-electron chi connectivity index (χ1n) is 8.42. The van der Waals surface area contributed by atoms with Crippen molar-refractivity contribution in [1.82, 2.24) is 30.2 Å². The monoisotopic (exact) mass is 389 g/mol. The molecule has 2 unspecified atom stereocenters. The Labute approximate surface area is 159 Å². The van der Waals surface area contributed by atoms with Gasteiger partial charge in [0.05, 0.1) is 29.9 Å². The summed E-state index contributed by atoms with van der Waals surface area (Å²) >= 11 is 0. The van der Waals surface area contributed by atoms with Crippen LogP contribution >= 0.6 is 0 Å². The molecule has 0 aliphatic rings. The van der Waals surface area contributed by atoms with Gasteiger partial charge in [0, 0.05) is 31.0 Å². The van der Waals surface area contributed by atoms with Crippen molar-refractivity contribution in [3.63, 3.8) is 0 Å². The number of hydrogen-bond acceptors (Lipinski definition) is 7. The Kier molecular flexibility index (Phi) is 5.90. The van der Waals surface area contributed by atoms with Crippen LogP contribution in [0.15, 0.2) is 49.2 Å². The predicted molar refractivity (Wildman–Crippen MR) is 94.5 cm³/mol. The molecule has 10 heteroatoms. The molecule has 3 rings (SSSR count). The Hall–Kier alpha value is -2.98. The molecule has 0 bridgehead atoms. The zero-order valence-electron chi connectivity index (χ0n) is 14.9. The minimum Gasteiger partial charge on any atom is -0.320 e. The summed E-state index contributed by atoms with van der Waals surface area (Å²) in [5, 5.41) is 3.18. The molecular formula is C18H18F3N7. The molecule has 0 spiro atoms. The van der Waals surface area contributed by atoms with Gasteiger partial charge in [0.25, 0.3) is 0 Å². The molecule has 0 saturated carbocycles. The van der Waals surface area contributed by atoms with Crippen molar-refractivity contribution in [1.29, 1.82) is 0 Å². The molecule has 0 saturated heterocycles. The largest absolute Gasteiger partial charge is 0.417 e. The maximum absolute atomic E-state index is 13.0. The fourth-order valence-corrected chi connectivity index (χ4v) is 2.71. The third kappa shape index (κ3) is 4.65. The summed E-state index contributed by atoms with van der Waals surface area (Å²) < 4.78 is 38.9. The summed E-state index contributed by atoms with van der Waals surface area (Å²) in [6, 6.07) is 3.00. The van der Waals surface area contributed by atoms with Crippen molar-refractivity contribution in [2.75, 3.05) is 0 Å². The van der Waals surface area contributed by atoms with Gasteiger partial charge < -0.3 is 5.73 Å². The summed E-state index contributed by atoms with van der Waals surface area (Å²) in [6.07, 6.45) is 2.62. The highest BCUT2D eigenvalue weighted by atomic mass is 19.4. The average Bonchev–Trinajstić information content (AvgIpc) is 2.69. The molecule has 0 aromatic carbocycles. The van der Waals surface area contributed by atoms with E-state index in [0.717, 1.165) is 12.3 Å². The van der Waals surface area contributed by atoms with Gasteiger partial charge in [-0.3, -0.25) is 10.3 Å². The molecule has 146 valence electrons. The van der Waals surface area contributed by atoms with E-state index in [1.165, 1.54) is 0 Å². The first-order chi connectivity index (χ1) is 13.4. The van der Waals surface area contributed by atoms with Crippen molar-refractivity contribution in [3.8, 4) is 0 Å². The number of pyridine rings is 1. The van der Waals surface area contributed by atoms with E-state index in [-0.39, 0.29) is 6.54 Å². The van der Waals surface area contributed by atoms with Gasteiger partial charge in [0.2, 0.25) is 0 Å². The van der Waals surface area contributed by atoms with Gasteiger partial charge >= 0.3 is 6.18 Å². The number of aryl methyl sites for hydroxylation is 1. The van der Waals surface area contributed by atoms with E-state index in [9.17, 15) is 13.2 Å². The highest BCUT2D eigenvalue weighted by Crippen LogP contribution is 2.32. The van der Waals surface area contributed by atoms with Crippen LogP contribution in [0.4, 0.5) is 13.2 Å². The second-order valence-electron chi connectivity index (χ2n) is 6.08. The van der Waals surface area contributed by atoms with Crippen LogP contribution in [0.3, 0.4) is 0 Å². The number of aromatic nitrogens is 5. The number of rotatable bonds is 6. The van der Waals surface area contributed by atoms with Crippen molar-refractivity contribution in [2.24, 2.45) is 5.73 Å². The Balaban J connectivity index is 1.93. The molecule has 28 heavy (non-hydrogen) atoms. The number of nitrogens with one attached hydrogen (secondary N) is 1. The normalized spacial score (nSPS) is 13.9. The summed E-state index contributed by atoms with van der Waals surface area (Å²) in [7, 11) is 0. The number of alkyl halides is 3. The fraction of sp³-hybridized carbons (Fsp3) is 0.278. The Morgan fingerprint density at radius 3 is 2.18 bits per heavy atom. The average molecular weight is 389 g/mol. The lowest BCUT2D eigenvalue weighted by atomic mass is 9.99. The summed E-state index contributed by atoms with van der Waals surface area (Å²) in [5.41, 5.74) is 6.25. The molecule has 0 radical (unpaired) electrons. The third-order valence-electron chi connectivity index (χ3n) is 4.08. The van der Waals surface area contributed by atoms with Crippen molar-refractivity contribution in [2.45, 2.75) is 31.7 Å². The molecule has 0 aliphatic heterocycles. The zero-order valence-corrected chi connectivity index (χ0v) is 14.9. The minimum absolute atomic E-state index is 0.244. The lowest BCUT2D eigenvalue weighted by Crippen LogP contribution is -2.34. The molecular weight excluding hydrogens is 371 g/mol. The Morgan fingerprint density at radius 2 is 1.61 bits per heavy atom. The van der Waals surface area contributed by atoms with E-state index in [1.807, 2.05) is 0 Å². The van der Waals surface area contributed by atoms with Crippen LogP contribution in [0, 0.1) is 6.92 Å². The smallest absolute Gasteiger partial charge is 0.320 e. The van der Waals surface area contributed by atoms with E-state index in [0.29, 0.717) is 22.9 Å². The van der Waals surface area contributed by atoms with E-state index in [4.69, 9.17) is 5.73 Å². The van der Waals surface area contributed by atoms with Crippen LogP contribution in [0.2, 0.25) is 0 Å². The molecule has 7 nitrogen and oxygen atoms in total. The number of hydrogen-bond donors (Lipinski definition) is 2. The number of halogens is 3. The van der Waals surface area contributed by atoms with E-state index in [1.54, 1.807) is 43.8 Å². The molecule has 2 atom stereocenters. The summed E-state index contributed by atoms with van der Waals surface area (Å²) in [4.78, 5) is 20.6. The quantitative estimate of drug-likeness (QED) is 0.668. The Morgan fingerprint density at radius 1 is 1.00 bits per heavy atom. The topological polar surface area (TPSA) is 102 Å². The van der Waals surface area contributed by atoms with Gasteiger partial charge in [-0.05, 0) is 30.7 Å². The summed E-state index contributed by atoms with van der Waals surface area (Å²) in [5.74, 6) is 0.855. The standard InChI is InChI=1S/C18H18F3N7/c1-11-8-12(18(19,20)21)9-27-15(11)16(14(22)17-25-6-3-7-26-17)28-10-13-23-4-2-5-24-13/h2-9,14,16,28H,10,22H2,1H3.